The Bertz CT molecular complexity index is 340. The molecule has 2 rings (SSSR count). The summed E-state index contributed by atoms with van der Waals surface area (Å²) < 4.78 is 5.40. The van der Waals surface area contributed by atoms with Crippen LogP contribution in [-0.2, 0) is 4.74 Å². The highest BCUT2D eigenvalue weighted by Gasteiger charge is 2.49. The van der Waals surface area contributed by atoms with Crippen molar-refractivity contribution >= 4 is 0 Å². The average molecular weight is 296 g/mol. The lowest BCUT2D eigenvalue weighted by Gasteiger charge is -2.56. The van der Waals surface area contributed by atoms with E-state index in [0.717, 1.165) is 25.6 Å². The van der Waals surface area contributed by atoms with Crippen molar-refractivity contribution in [1.29, 1.82) is 0 Å². The number of nitrogens with two attached hydrogens (primary N) is 1. The maximum Gasteiger partial charge on any atom is 0.0590 e. The van der Waals surface area contributed by atoms with Gasteiger partial charge in [-0.1, -0.05) is 20.8 Å². The molecule has 0 aliphatic heterocycles. The summed E-state index contributed by atoms with van der Waals surface area (Å²) in [5, 5.41) is 0. The molecular formula is C18H36N2O. The third-order valence-corrected chi connectivity index (χ3v) is 6.27. The lowest BCUT2D eigenvalue weighted by molar-refractivity contribution is -0.0568. The minimum Gasteiger partial charge on any atom is -0.383 e. The van der Waals surface area contributed by atoms with Crippen molar-refractivity contribution in [2.24, 2.45) is 23.0 Å². The molecule has 21 heavy (non-hydrogen) atoms. The van der Waals surface area contributed by atoms with Crippen LogP contribution in [0.5, 0.6) is 0 Å². The molecule has 0 aromatic rings. The van der Waals surface area contributed by atoms with Crippen molar-refractivity contribution in [3.63, 3.8) is 0 Å². The van der Waals surface area contributed by atoms with Crippen molar-refractivity contribution in [2.45, 2.75) is 71.4 Å². The number of hydrogen-bond acceptors (Lipinski definition) is 3. The van der Waals surface area contributed by atoms with Crippen LogP contribution >= 0.6 is 0 Å². The van der Waals surface area contributed by atoms with Gasteiger partial charge in [0.1, 0.15) is 0 Å². The zero-order chi connectivity index (χ0) is 15.7. The topological polar surface area (TPSA) is 38.5 Å². The number of ether oxygens (including phenoxy) is 1. The predicted molar refractivity (Wildman–Crippen MR) is 89.3 cm³/mol. The lowest BCUT2D eigenvalue weighted by atomic mass is 9.62. The molecule has 2 aliphatic carbocycles. The first-order chi connectivity index (χ1) is 9.86. The second kappa shape index (κ2) is 6.55. The monoisotopic (exact) mass is 296 g/mol. The SMILES string of the molecule is COCCN(C(C)C1CC1)C1(CN)CCC(C)(C)CC1C. The molecule has 0 heterocycles. The summed E-state index contributed by atoms with van der Waals surface area (Å²) in [5.74, 6) is 1.54. The molecule has 0 bridgehead atoms. The van der Waals surface area contributed by atoms with E-state index in [4.69, 9.17) is 10.5 Å². The van der Waals surface area contributed by atoms with Crippen LogP contribution in [-0.4, -0.2) is 43.3 Å². The maximum absolute atomic E-state index is 6.37. The molecule has 2 aliphatic rings. The zero-order valence-electron chi connectivity index (χ0n) is 14.8. The second-order valence-electron chi connectivity index (χ2n) is 8.34. The largest absolute Gasteiger partial charge is 0.383 e. The van der Waals surface area contributed by atoms with Crippen LogP contribution in [0.2, 0.25) is 0 Å². The second-order valence-corrected chi connectivity index (χ2v) is 8.34. The first-order valence-electron chi connectivity index (χ1n) is 8.82. The molecule has 3 heteroatoms. The van der Waals surface area contributed by atoms with Gasteiger partial charge in [0.2, 0.25) is 0 Å². The van der Waals surface area contributed by atoms with Gasteiger partial charge >= 0.3 is 0 Å². The van der Waals surface area contributed by atoms with E-state index in [-0.39, 0.29) is 5.54 Å². The number of hydrogen-bond donors (Lipinski definition) is 1. The lowest BCUT2D eigenvalue weighted by Crippen LogP contribution is -2.64. The summed E-state index contributed by atoms with van der Waals surface area (Å²) in [5.41, 5.74) is 7.01. The maximum atomic E-state index is 6.37. The van der Waals surface area contributed by atoms with E-state index in [0.29, 0.717) is 17.4 Å². The Morgan fingerprint density at radius 3 is 2.43 bits per heavy atom. The summed E-state index contributed by atoms with van der Waals surface area (Å²) >= 11 is 0. The fraction of sp³-hybridized carbons (Fsp3) is 1.00. The predicted octanol–water partition coefficient (Wildman–Crippen LogP) is 3.28. The third-order valence-electron chi connectivity index (χ3n) is 6.27. The van der Waals surface area contributed by atoms with Crippen molar-refractivity contribution in [3.05, 3.63) is 0 Å². The third kappa shape index (κ3) is 3.62. The molecule has 0 spiro atoms. The first kappa shape index (κ1) is 17.2. The minimum atomic E-state index is 0.177. The Labute approximate surface area is 131 Å². The Morgan fingerprint density at radius 1 is 1.29 bits per heavy atom. The van der Waals surface area contributed by atoms with Gasteiger partial charge in [-0.25, -0.2) is 0 Å². The number of methoxy groups -OCH3 is 1. The van der Waals surface area contributed by atoms with Gasteiger partial charge in [-0.3, -0.25) is 4.90 Å². The van der Waals surface area contributed by atoms with Crippen LogP contribution in [0.25, 0.3) is 0 Å². The highest BCUT2D eigenvalue weighted by Crippen LogP contribution is 2.48. The first-order valence-corrected chi connectivity index (χ1v) is 8.82. The Morgan fingerprint density at radius 2 is 1.95 bits per heavy atom. The van der Waals surface area contributed by atoms with Crippen LogP contribution in [0.4, 0.5) is 0 Å². The molecule has 0 radical (unpaired) electrons. The van der Waals surface area contributed by atoms with Gasteiger partial charge in [0.25, 0.3) is 0 Å². The molecule has 2 N–H and O–H groups in total. The molecule has 0 aromatic heterocycles. The molecule has 0 aromatic carbocycles. The fourth-order valence-electron chi connectivity index (χ4n) is 4.62. The summed E-state index contributed by atoms with van der Waals surface area (Å²) in [6, 6.07) is 0.646. The van der Waals surface area contributed by atoms with E-state index in [2.05, 4.69) is 32.6 Å². The van der Waals surface area contributed by atoms with Crippen LogP contribution in [0.3, 0.4) is 0 Å². The number of nitrogens with zero attached hydrogens (tertiary/aromatic N) is 1. The van der Waals surface area contributed by atoms with Gasteiger partial charge in [-0.15, -0.1) is 0 Å². The van der Waals surface area contributed by atoms with Gasteiger partial charge in [0.05, 0.1) is 6.61 Å². The van der Waals surface area contributed by atoms with Gasteiger partial charge in [-0.05, 0) is 56.3 Å². The smallest absolute Gasteiger partial charge is 0.0590 e. The van der Waals surface area contributed by atoms with E-state index < -0.39 is 0 Å². The van der Waals surface area contributed by atoms with E-state index in [1.165, 1.54) is 32.1 Å². The molecule has 0 amide bonds. The molecule has 0 saturated heterocycles. The van der Waals surface area contributed by atoms with E-state index in [1.54, 1.807) is 0 Å². The standard InChI is InChI=1S/C18H36N2O/c1-14-12-17(3,4)8-9-18(14,13-19)20(10-11-21-5)15(2)16-6-7-16/h14-16H,6-13,19H2,1-5H3. The highest BCUT2D eigenvalue weighted by atomic mass is 16.5. The van der Waals surface area contributed by atoms with Crippen molar-refractivity contribution in [3.8, 4) is 0 Å². The van der Waals surface area contributed by atoms with E-state index in [1.807, 2.05) is 7.11 Å². The van der Waals surface area contributed by atoms with Crippen molar-refractivity contribution < 1.29 is 4.74 Å². The van der Waals surface area contributed by atoms with E-state index >= 15 is 0 Å². The van der Waals surface area contributed by atoms with Crippen LogP contribution in [0, 0.1) is 17.3 Å². The molecule has 3 unspecified atom stereocenters. The molecule has 124 valence electrons. The average Bonchev–Trinajstić information content (AvgIpc) is 3.25. The minimum absolute atomic E-state index is 0.177. The fourth-order valence-corrected chi connectivity index (χ4v) is 4.62. The Balaban J connectivity index is 2.20. The van der Waals surface area contributed by atoms with Gasteiger partial charge in [0, 0.05) is 31.8 Å². The van der Waals surface area contributed by atoms with Gasteiger partial charge in [0.15, 0.2) is 0 Å². The molecular weight excluding hydrogens is 260 g/mol. The Kier molecular flexibility index (Phi) is 5.38. The normalized spacial score (nSPS) is 34.1. The zero-order valence-corrected chi connectivity index (χ0v) is 14.8. The van der Waals surface area contributed by atoms with Gasteiger partial charge < -0.3 is 10.5 Å². The Hall–Kier alpha value is -0.120. The van der Waals surface area contributed by atoms with Crippen LogP contribution in [0.1, 0.15) is 59.8 Å². The van der Waals surface area contributed by atoms with Crippen molar-refractivity contribution in [1.82, 2.24) is 4.90 Å². The quantitative estimate of drug-likeness (QED) is 0.783. The van der Waals surface area contributed by atoms with Gasteiger partial charge in [-0.2, -0.15) is 0 Å². The van der Waals surface area contributed by atoms with E-state index in [9.17, 15) is 0 Å². The van der Waals surface area contributed by atoms with Crippen LogP contribution < -0.4 is 5.73 Å². The molecule has 3 nitrogen and oxygen atoms in total. The highest BCUT2D eigenvalue weighted by molar-refractivity contribution is 5.05. The summed E-state index contributed by atoms with van der Waals surface area (Å²) in [6.45, 7) is 12.3. The molecule has 2 saturated carbocycles. The molecule has 3 atom stereocenters. The summed E-state index contributed by atoms with van der Waals surface area (Å²) in [7, 11) is 1.81. The van der Waals surface area contributed by atoms with Crippen LogP contribution in [0.15, 0.2) is 0 Å². The molecule has 2 fully saturated rings. The summed E-state index contributed by atoms with van der Waals surface area (Å²) in [6.07, 6.45) is 6.59. The van der Waals surface area contributed by atoms with Crippen molar-refractivity contribution in [2.75, 3.05) is 26.8 Å². The number of rotatable bonds is 7. The summed E-state index contributed by atoms with van der Waals surface area (Å²) in [4.78, 5) is 2.73.